The minimum Gasteiger partial charge on any atom is -0.399 e. The second-order valence-electron chi connectivity index (χ2n) is 4.05. The molecule has 2 N–H and O–H groups in total. The molecule has 0 amide bonds. The largest absolute Gasteiger partial charge is 0.399 e. The van der Waals surface area contributed by atoms with E-state index in [2.05, 4.69) is 25.1 Å². The molecule has 1 aromatic rings. The lowest BCUT2D eigenvalue weighted by atomic mass is 9.93. The van der Waals surface area contributed by atoms with Crippen molar-refractivity contribution in [2.24, 2.45) is 0 Å². The number of aryl methyl sites for hydroxylation is 1. The van der Waals surface area contributed by atoms with Gasteiger partial charge in [0.2, 0.25) is 0 Å². The molecule has 74 valence electrons. The number of anilines is 1. The van der Waals surface area contributed by atoms with Crippen LogP contribution in [0.2, 0.25) is 0 Å². The number of benzene rings is 1. The van der Waals surface area contributed by atoms with Crippen LogP contribution in [0.5, 0.6) is 0 Å². The summed E-state index contributed by atoms with van der Waals surface area (Å²) in [5.41, 5.74) is 10.7. The Labute approximate surface area is 85.6 Å². The third-order valence-electron chi connectivity index (χ3n) is 2.93. The fraction of sp³-hybridized carbons (Fsp3) is 0.385. The van der Waals surface area contributed by atoms with Crippen molar-refractivity contribution in [1.29, 1.82) is 0 Å². The summed E-state index contributed by atoms with van der Waals surface area (Å²) in [5, 5.41) is 0. The van der Waals surface area contributed by atoms with Gasteiger partial charge in [-0.2, -0.15) is 0 Å². The van der Waals surface area contributed by atoms with E-state index in [-0.39, 0.29) is 0 Å². The molecule has 1 nitrogen and oxygen atoms in total. The minimum atomic E-state index is 0.894. The van der Waals surface area contributed by atoms with Crippen LogP contribution in [0.25, 0.3) is 5.57 Å². The Morgan fingerprint density at radius 3 is 2.71 bits per heavy atom. The summed E-state index contributed by atoms with van der Waals surface area (Å²) in [6.07, 6.45) is 7.50. The summed E-state index contributed by atoms with van der Waals surface area (Å²) in [6.45, 7) is 2.07. The second kappa shape index (κ2) is 3.87. The van der Waals surface area contributed by atoms with Gasteiger partial charge in [-0.1, -0.05) is 12.1 Å². The van der Waals surface area contributed by atoms with Crippen LogP contribution in [-0.4, -0.2) is 0 Å². The second-order valence-corrected chi connectivity index (χ2v) is 4.05. The maximum atomic E-state index is 5.80. The molecule has 14 heavy (non-hydrogen) atoms. The van der Waals surface area contributed by atoms with E-state index in [0.29, 0.717) is 0 Å². The van der Waals surface area contributed by atoms with E-state index >= 15 is 0 Å². The Kier molecular flexibility index (Phi) is 2.58. The molecule has 0 spiro atoms. The predicted octanol–water partition coefficient (Wildman–Crippen LogP) is 3.53. The number of nitrogen functional groups attached to an aromatic ring is 1. The Morgan fingerprint density at radius 2 is 2.07 bits per heavy atom. The molecule has 0 aromatic heterocycles. The van der Waals surface area contributed by atoms with Gasteiger partial charge in [0.1, 0.15) is 0 Å². The van der Waals surface area contributed by atoms with Crippen molar-refractivity contribution in [2.75, 3.05) is 5.73 Å². The van der Waals surface area contributed by atoms with Crippen LogP contribution < -0.4 is 5.73 Å². The lowest BCUT2D eigenvalue weighted by Gasteiger charge is -2.13. The van der Waals surface area contributed by atoms with Gasteiger partial charge >= 0.3 is 0 Å². The summed E-state index contributed by atoms with van der Waals surface area (Å²) in [4.78, 5) is 0. The molecule has 1 heteroatoms. The molecule has 0 aliphatic heterocycles. The Bertz CT molecular complexity index is 363. The number of hydrogen-bond acceptors (Lipinski definition) is 1. The first-order valence-corrected chi connectivity index (χ1v) is 5.33. The fourth-order valence-corrected chi connectivity index (χ4v) is 1.98. The SMILES string of the molecule is Cc1cc(C2=CCCCC2)ccc1N. The molecule has 0 bridgehead atoms. The van der Waals surface area contributed by atoms with Crippen molar-refractivity contribution in [3.63, 3.8) is 0 Å². The van der Waals surface area contributed by atoms with Crippen molar-refractivity contribution >= 4 is 11.3 Å². The van der Waals surface area contributed by atoms with Crippen molar-refractivity contribution in [2.45, 2.75) is 32.6 Å². The average molecular weight is 187 g/mol. The lowest BCUT2D eigenvalue weighted by molar-refractivity contribution is 0.742. The zero-order valence-corrected chi connectivity index (χ0v) is 8.72. The van der Waals surface area contributed by atoms with E-state index in [1.807, 2.05) is 6.07 Å². The van der Waals surface area contributed by atoms with Gasteiger partial charge in [0.15, 0.2) is 0 Å². The Balaban J connectivity index is 2.32. The molecule has 0 fully saturated rings. The van der Waals surface area contributed by atoms with Gasteiger partial charge in [0.05, 0.1) is 0 Å². The maximum absolute atomic E-state index is 5.80. The van der Waals surface area contributed by atoms with Gasteiger partial charge in [-0.05, 0) is 61.4 Å². The summed E-state index contributed by atoms with van der Waals surface area (Å²) < 4.78 is 0. The van der Waals surface area contributed by atoms with Gasteiger partial charge in [-0.3, -0.25) is 0 Å². The molecule has 0 unspecified atom stereocenters. The molecule has 1 aliphatic rings. The van der Waals surface area contributed by atoms with Crippen molar-refractivity contribution in [1.82, 2.24) is 0 Å². The summed E-state index contributed by atoms with van der Waals surface area (Å²) in [5.74, 6) is 0. The van der Waals surface area contributed by atoms with Crippen molar-refractivity contribution < 1.29 is 0 Å². The molecular formula is C13H17N. The molecule has 0 radical (unpaired) electrons. The highest BCUT2D eigenvalue weighted by Crippen LogP contribution is 2.28. The number of nitrogens with two attached hydrogens (primary N) is 1. The highest BCUT2D eigenvalue weighted by Gasteiger charge is 2.06. The summed E-state index contributed by atoms with van der Waals surface area (Å²) in [7, 11) is 0. The molecule has 0 saturated heterocycles. The Morgan fingerprint density at radius 1 is 1.21 bits per heavy atom. The Hall–Kier alpha value is -1.24. The van der Waals surface area contributed by atoms with E-state index in [0.717, 1.165) is 5.69 Å². The first-order valence-electron chi connectivity index (χ1n) is 5.33. The molecule has 0 heterocycles. The summed E-state index contributed by atoms with van der Waals surface area (Å²) >= 11 is 0. The first kappa shape index (κ1) is 9.32. The van der Waals surface area contributed by atoms with Crippen LogP contribution in [0.4, 0.5) is 5.69 Å². The summed E-state index contributed by atoms with van der Waals surface area (Å²) in [6, 6.07) is 6.35. The predicted molar refractivity (Wildman–Crippen MR) is 62.0 cm³/mol. The lowest BCUT2D eigenvalue weighted by Crippen LogP contribution is -1.94. The zero-order valence-electron chi connectivity index (χ0n) is 8.72. The normalized spacial score (nSPS) is 16.5. The molecule has 1 aromatic carbocycles. The van der Waals surface area contributed by atoms with Crippen LogP contribution in [0.15, 0.2) is 24.3 Å². The maximum Gasteiger partial charge on any atom is 0.0344 e. The molecular weight excluding hydrogens is 170 g/mol. The van der Waals surface area contributed by atoms with Gasteiger partial charge in [-0.15, -0.1) is 0 Å². The van der Waals surface area contributed by atoms with Gasteiger partial charge < -0.3 is 5.73 Å². The molecule has 1 aliphatic carbocycles. The topological polar surface area (TPSA) is 26.0 Å². The molecule has 0 saturated carbocycles. The van der Waals surface area contributed by atoms with Crippen LogP contribution >= 0.6 is 0 Å². The van der Waals surface area contributed by atoms with Crippen LogP contribution in [-0.2, 0) is 0 Å². The number of rotatable bonds is 1. The number of allylic oxidation sites excluding steroid dienone is 2. The van der Waals surface area contributed by atoms with Crippen molar-refractivity contribution in [3.8, 4) is 0 Å². The molecule has 0 atom stereocenters. The highest BCUT2D eigenvalue weighted by atomic mass is 14.5. The smallest absolute Gasteiger partial charge is 0.0344 e. The van der Waals surface area contributed by atoms with Gasteiger partial charge in [0, 0.05) is 5.69 Å². The highest BCUT2D eigenvalue weighted by molar-refractivity contribution is 5.68. The third kappa shape index (κ3) is 1.82. The fourth-order valence-electron chi connectivity index (χ4n) is 1.98. The van der Waals surface area contributed by atoms with Crippen LogP contribution in [0, 0.1) is 6.92 Å². The average Bonchev–Trinajstić information content (AvgIpc) is 2.23. The number of hydrogen-bond donors (Lipinski definition) is 1. The van der Waals surface area contributed by atoms with Gasteiger partial charge in [-0.25, -0.2) is 0 Å². The third-order valence-corrected chi connectivity index (χ3v) is 2.93. The first-order chi connectivity index (χ1) is 6.77. The monoisotopic (exact) mass is 187 g/mol. The minimum absolute atomic E-state index is 0.894. The zero-order chi connectivity index (χ0) is 9.97. The van der Waals surface area contributed by atoms with E-state index in [9.17, 15) is 0 Å². The van der Waals surface area contributed by atoms with Crippen LogP contribution in [0.3, 0.4) is 0 Å². The standard InChI is InChI=1S/C13H17N/c1-10-9-12(7-8-13(10)14)11-5-3-2-4-6-11/h5,7-9H,2-4,6,14H2,1H3. The van der Waals surface area contributed by atoms with Crippen molar-refractivity contribution in [3.05, 3.63) is 35.4 Å². The van der Waals surface area contributed by atoms with E-state index < -0.39 is 0 Å². The quantitative estimate of drug-likeness (QED) is 0.669. The van der Waals surface area contributed by atoms with E-state index in [4.69, 9.17) is 5.73 Å². The van der Waals surface area contributed by atoms with Gasteiger partial charge in [0.25, 0.3) is 0 Å². The van der Waals surface area contributed by atoms with E-state index in [1.54, 1.807) is 0 Å². The van der Waals surface area contributed by atoms with Crippen LogP contribution in [0.1, 0.15) is 36.8 Å². The van der Waals surface area contributed by atoms with E-state index in [1.165, 1.54) is 42.4 Å². The molecule has 2 rings (SSSR count).